The molecule has 0 radical (unpaired) electrons. The molecule has 0 unspecified atom stereocenters. The Morgan fingerprint density at radius 2 is 1.83 bits per heavy atom. The summed E-state index contributed by atoms with van der Waals surface area (Å²) in [5.41, 5.74) is -0.194. The number of carbonyl (C=O) groups is 2. The van der Waals surface area contributed by atoms with E-state index in [-0.39, 0.29) is 23.8 Å². The van der Waals surface area contributed by atoms with Gasteiger partial charge in [0.2, 0.25) is 11.8 Å². The molecule has 4 bridgehead atoms. The summed E-state index contributed by atoms with van der Waals surface area (Å²) in [5.74, 6) is 2.58. The van der Waals surface area contributed by atoms with Crippen molar-refractivity contribution in [1.29, 1.82) is 0 Å². The number of hydrogen-bond acceptors (Lipinski definition) is 3. The average Bonchev–Trinajstić information content (AvgIpc) is 2.88. The summed E-state index contributed by atoms with van der Waals surface area (Å²) in [6.07, 6.45) is 8.77. The van der Waals surface area contributed by atoms with Crippen LogP contribution in [0.15, 0.2) is 12.3 Å². The Labute approximate surface area is 136 Å². The number of nitrogens with one attached hydrogen (secondary N) is 2. The zero-order chi connectivity index (χ0) is 16.0. The molecule has 124 valence electrons. The Morgan fingerprint density at radius 1 is 1.22 bits per heavy atom. The number of rotatable bonds is 4. The summed E-state index contributed by atoms with van der Waals surface area (Å²) >= 11 is 0. The Kier molecular flexibility index (Phi) is 3.43. The summed E-state index contributed by atoms with van der Waals surface area (Å²) in [4.78, 5) is 24.7. The summed E-state index contributed by atoms with van der Waals surface area (Å²) in [7, 11) is 1.80. The van der Waals surface area contributed by atoms with Gasteiger partial charge >= 0.3 is 0 Å². The predicted octanol–water partition coefficient (Wildman–Crippen LogP) is 1.69. The lowest BCUT2D eigenvalue weighted by Gasteiger charge is -2.55. The number of amides is 2. The Hall–Kier alpha value is -1.85. The summed E-state index contributed by atoms with van der Waals surface area (Å²) in [6.45, 7) is 0.0250. The molecule has 0 spiro atoms. The van der Waals surface area contributed by atoms with Gasteiger partial charge in [-0.15, -0.1) is 0 Å². The monoisotopic (exact) mass is 316 g/mol. The Bertz CT molecular complexity index is 601. The molecular weight excluding hydrogens is 292 g/mol. The van der Waals surface area contributed by atoms with Gasteiger partial charge in [-0.05, 0) is 56.3 Å². The van der Waals surface area contributed by atoms with Gasteiger partial charge in [-0.3, -0.25) is 14.3 Å². The maximum absolute atomic E-state index is 12.7. The van der Waals surface area contributed by atoms with Crippen molar-refractivity contribution in [1.82, 2.24) is 15.1 Å². The standard InChI is InChI=1S/C17H24N4O2/c1-21-3-2-14(20-21)19-15(22)10-18-16(23)17-7-11-4-12(8-17)6-13(5-11)9-17/h2-3,11-13H,4-10H2,1H3,(H,18,23)(H,19,20,22). The lowest BCUT2D eigenvalue weighted by molar-refractivity contribution is -0.146. The number of nitrogens with zero attached hydrogens (tertiary/aromatic N) is 2. The molecule has 23 heavy (non-hydrogen) atoms. The maximum Gasteiger partial charge on any atom is 0.244 e. The van der Waals surface area contributed by atoms with Gasteiger partial charge in [0.05, 0.1) is 6.54 Å². The van der Waals surface area contributed by atoms with Crippen molar-refractivity contribution in [3.05, 3.63) is 12.3 Å². The second-order valence-electron chi connectivity index (χ2n) is 7.80. The molecule has 2 amide bonds. The van der Waals surface area contributed by atoms with E-state index in [1.165, 1.54) is 19.3 Å². The molecule has 5 rings (SSSR count). The maximum atomic E-state index is 12.7. The fourth-order valence-corrected chi connectivity index (χ4v) is 5.41. The predicted molar refractivity (Wildman–Crippen MR) is 85.5 cm³/mol. The van der Waals surface area contributed by atoms with Crippen LogP contribution in [0.1, 0.15) is 38.5 Å². The van der Waals surface area contributed by atoms with Crippen LogP contribution in [0.2, 0.25) is 0 Å². The van der Waals surface area contributed by atoms with E-state index in [0.717, 1.165) is 37.0 Å². The molecule has 1 heterocycles. The molecule has 1 aromatic rings. The molecule has 6 heteroatoms. The van der Waals surface area contributed by atoms with Crippen molar-refractivity contribution in [2.75, 3.05) is 11.9 Å². The van der Waals surface area contributed by atoms with Crippen LogP contribution in [0.4, 0.5) is 5.82 Å². The molecule has 0 saturated heterocycles. The van der Waals surface area contributed by atoms with E-state index >= 15 is 0 Å². The lowest BCUT2D eigenvalue weighted by Crippen LogP contribution is -2.54. The van der Waals surface area contributed by atoms with Gasteiger partial charge < -0.3 is 10.6 Å². The molecule has 4 fully saturated rings. The first-order chi connectivity index (χ1) is 11.0. The normalized spacial score (nSPS) is 34.4. The summed E-state index contributed by atoms with van der Waals surface area (Å²) in [6, 6.07) is 1.73. The number of carbonyl (C=O) groups excluding carboxylic acids is 2. The van der Waals surface area contributed by atoms with Gasteiger partial charge in [-0.2, -0.15) is 5.10 Å². The highest BCUT2D eigenvalue weighted by Gasteiger charge is 2.54. The van der Waals surface area contributed by atoms with Crippen LogP contribution in [0, 0.1) is 23.2 Å². The summed E-state index contributed by atoms with van der Waals surface area (Å²) in [5, 5.41) is 9.69. The molecular formula is C17H24N4O2. The number of aromatic nitrogens is 2. The topological polar surface area (TPSA) is 76.0 Å². The van der Waals surface area contributed by atoms with Crippen molar-refractivity contribution in [2.24, 2.45) is 30.2 Å². The third kappa shape index (κ3) is 2.75. The van der Waals surface area contributed by atoms with Crippen molar-refractivity contribution < 1.29 is 9.59 Å². The van der Waals surface area contributed by atoms with Gasteiger partial charge in [-0.25, -0.2) is 0 Å². The molecule has 4 aliphatic rings. The fourth-order valence-electron chi connectivity index (χ4n) is 5.41. The third-order valence-corrected chi connectivity index (χ3v) is 5.91. The Morgan fingerprint density at radius 3 is 2.35 bits per heavy atom. The minimum absolute atomic E-state index is 0.0250. The van der Waals surface area contributed by atoms with Crippen LogP contribution < -0.4 is 10.6 Å². The van der Waals surface area contributed by atoms with Crippen molar-refractivity contribution in [3.8, 4) is 0 Å². The second-order valence-corrected chi connectivity index (χ2v) is 7.80. The third-order valence-electron chi connectivity index (χ3n) is 5.91. The van der Waals surface area contributed by atoms with E-state index in [1.54, 1.807) is 24.0 Å². The molecule has 2 N–H and O–H groups in total. The number of anilines is 1. The molecule has 6 nitrogen and oxygen atoms in total. The van der Waals surface area contributed by atoms with E-state index in [2.05, 4.69) is 15.7 Å². The highest BCUT2D eigenvalue weighted by Crippen LogP contribution is 2.60. The highest BCUT2D eigenvalue weighted by atomic mass is 16.2. The first-order valence-corrected chi connectivity index (χ1v) is 8.60. The zero-order valence-electron chi connectivity index (χ0n) is 13.5. The number of hydrogen-bond donors (Lipinski definition) is 2. The van der Waals surface area contributed by atoms with Crippen LogP contribution in [0.5, 0.6) is 0 Å². The lowest BCUT2D eigenvalue weighted by atomic mass is 9.49. The smallest absolute Gasteiger partial charge is 0.244 e. The first kappa shape index (κ1) is 14.7. The summed E-state index contributed by atoms with van der Waals surface area (Å²) < 4.78 is 1.63. The van der Waals surface area contributed by atoms with Gasteiger partial charge in [-0.1, -0.05) is 0 Å². The van der Waals surface area contributed by atoms with Crippen molar-refractivity contribution >= 4 is 17.6 Å². The van der Waals surface area contributed by atoms with Gasteiger partial charge in [0.15, 0.2) is 5.82 Å². The minimum atomic E-state index is -0.221. The molecule has 0 atom stereocenters. The largest absolute Gasteiger partial charge is 0.347 e. The van der Waals surface area contributed by atoms with E-state index in [9.17, 15) is 9.59 Å². The molecule has 4 aliphatic carbocycles. The van der Waals surface area contributed by atoms with Gasteiger partial charge in [0, 0.05) is 24.7 Å². The van der Waals surface area contributed by atoms with Crippen LogP contribution in [0.3, 0.4) is 0 Å². The molecule has 0 aromatic carbocycles. The SMILES string of the molecule is Cn1ccc(NC(=O)CNC(=O)C23CC4CC(CC(C4)C2)C3)n1. The highest BCUT2D eigenvalue weighted by molar-refractivity contribution is 5.94. The Balaban J connectivity index is 1.34. The quantitative estimate of drug-likeness (QED) is 0.887. The van der Waals surface area contributed by atoms with Crippen LogP contribution >= 0.6 is 0 Å². The van der Waals surface area contributed by atoms with Crippen molar-refractivity contribution in [3.63, 3.8) is 0 Å². The zero-order valence-corrected chi connectivity index (χ0v) is 13.5. The van der Waals surface area contributed by atoms with E-state index in [1.807, 2.05) is 0 Å². The molecule has 1 aromatic heterocycles. The molecule has 0 aliphatic heterocycles. The van der Waals surface area contributed by atoms with E-state index in [4.69, 9.17) is 0 Å². The van der Waals surface area contributed by atoms with Crippen LogP contribution in [-0.4, -0.2) is 28.1 Å². The van der Waals surface area contributed by atoms with Gasteiger partial charge in [0.1, 0.15) is 0 Å². The van der Waals surface area contributed by atoms with Gasteiger partial charge in [0.25, 0.3) is 0 Å². The van der Waals surface area contributed by atoms with E-state index in [0.29, 0.717) is 5.82 Å². The molecule has 4 saturated carbocycles. The van der Waals surface area contributed by atoms with Crippen LogP contribution in [0.25, 0.3) is 0 Å². The first-order valence-electron chi connectivity index (χ1n) is 8.60. The van der Waals surface area contributed by atoms with E-state index < -0.39 is 0 Å². The van der Waals surface area contributed by atoms with Crippen molar-refractivity contribution in [2.45, 2.75) is 38.5 Å². The average molecular weight is 316 g/mol. The second kappa shape index (κ2) is 5.35. The number of aryl methyl sites for hydroxylation is 1. The minimum Gasteiger partial charge on any atom is -0.347 e. The van der Waals surface area contributed by atoms with Crippen LogP contribution in [-0.2, 0) is 16.6 Å². The fraction of sp³-hybridized carbons (Fsp3) is 0.706.